The number of hydrazine groups is 1. The van der Waals surface area contributed by atoms with Crippen molar-refractivity contribution < 1.29 is 47.7 Å². The predicted molar refractivity (Wildman–Crippen MR) is 101 cm³/mol. The van der Waals surface area contributed by atoms with Gasteiger partial charge in [0.15, 0.2) is 27.4 Å². The Hall–Kier alpha value is -3.26. The number of phenols is 2. The number of aromatic hydroxyl groups is 2. The molecule has 0 unspecified atom stereocenters. The van der Waals surface area contributed by atoms with Crippen molar-refractivity contribution in [3.8, 4) is 11.5 Å². The number of carbonyl (C=O) groups excluding carboxylic acids is 3. The highest BCUT2D eigenvalue weighted by molar-refractivity contribution is 7.94. The Balaban J connectivity index is 1.65. The molecule has 2 fully saturated rings. The Morgan fingerprint density at radius 3 is 2.48 bits per heavy atom. The molecule has 0 bridgehead atoms. The molecule has 2 heterocycles. The molecule has 0 spiro atoms. The van der Waals surface area contributed by atoms with E-state index in [1.165, 1.54) is 0 Å². The Labute approximate surface area is 179 Å². The highest BCUT2D eigenvalue weighted by Gasteiger charge is 2.70. The molecule has 31 heavy (non-hydrogen) atoms. The summed E-state index contributed by atoms with van der Waals surface area (Å²) >= 11 is 5.63. The number of amides is 3. The molecule has 0 radical (unpaired) electrons. The van der Waals surface area contributed by atoms with Gasteiger partial charge in [0.1, 0.15) is 16.7 Å². The number of rotatable bonds is 4. The number of benzene rings is 1. The van der Waals surface area contributed by atoms with E-state index in [2.05, 4.69) is 0 Å². The lowest BCUT2D eigenvalue weighted by atomic mass is 9.97. The van der Waals surface area contributed by atoms with Gasteiger partial charge in [0.05, 0.1) is 11.4 Å². The van der Waals surface area contributed by atoms with Crippen molar-refractivity contribution >= 4 is 45.3 Å². The van der Waals surface area contributed by atoms with Crippen LogP contribution in [0.2, 0.25) is 5.02 Å². The fourth-order valence-electron chi connectivity index (χ4n) is 3.41. The molecule has 5 N–H and O–H groups in total. The summed E-state index contributed by atoms with van der Waals surface area (Å²) in [5, 5.41) is 26.6. The summed E-state index contributed by atoms with van der Waals surface area (Å²) in [6.07, 6.45) is -1.67. The number of nitrogens with one attached hydrogen (secondary N) is 2. The number of carboxylic acid groups (broad SMARTS) is 1. The molecule has 0 aromatic heterocycles. The van der Waals surface area contributed by atoms with Crippen molar-refractivity contribution in [2.45, 2.75) is 29.5 Å². The standard InChI is InChI=1S/C16H16ClN3O10S/c1-16(12(14(25)26)20-9(22)4-10(20)31(16,28)29)5-30-15(27)19-18-13(24)6-2-7(17)11(23)8(21)3-6/h2-3,10,12,21,23H,4-5H2,1H3,(H,18,24)(H,19,27)(H,25,26)/t10-,12+,16+/m1/s1. The van der Waals surface area contributed by atoms with Gasteiger partial charge in [-0.15, -0.1) is 0 Å². The van der Waals surface area contributed by atoms with Gasteiger partial charge in [-0.3, -0.25) is 15.0 Å². The van der Waals surface area contributed by atoms with Crippen LogP contribution in [0.4, 0.5) is 4.79 Å². The normalized spacial score (nSPS) is 25.9. The van der Waals surface area contributed by atoms with E-state index in [4.69, 9.17) is 16.3 Å². The highest BCUT2D eigenvalue weighted by atomic mass is 35.5. The fourth-order valence-corrected chi connectivity index (χ4v) is 5.90. The maximum atomic E-state index is 12.7. The van der Waals surface area contributed by atoms with Crippen molar-refractivity contribution in [1.82, 2.24) is 15.8 Å². The molecule has 1 aromatic carbocycles. The minimum Gasteiger partial charge on any atom is -0.504 e. The van der Waals surface area contributed by atoms with Gasteiger partial charge in [-0.2, -0.15) is 0 Å². The van der Waals surface area contributed by atoms with Gasteiger partial charge in [-0.25, -0.2) is 23.4 Å². The first-order chi connectivity index (χ1) is 14.3. The van der Waals surface area contributed by atoms with Gasteiger partial charge < -0.3 is 25.0 Å². The highest BCUT2D eigenvalue weighted by Crippen LogP contribution is 2.46. The van der Waals surface area contributed by atoms with Crippen molar-refractivity contribution in [1.29, 1.82) is 0 Å². The lowest BCUT2D eigenvalue weighted by Crippen LogP contribution is -2.58. The van der Waals surface area contributed by atoms with Gasteiger partial charge in [-0.05, 0) is 19.1 Å². The first-order valence-corrected chi connectivity index (χ1v) is 10.5. The zero-order valence-electron chi connectivity index (χ0n) is 15.7. The molecule has 3 atom stereocenters. The zero-order chi connectivity index (χ0) is 23.3. The van der Waals surface area contributed by atoms with E-state index in [9.17, 15) is 42.9 Å². The van der Waals surface area contributed by atoms with E-state index in [1.54, 1.807) is 0 Å². The second kappa shape index (κ2) is 7.46. The van der Waals surface area contributed by atoms with Crippen LogP contribution in [0.5, 0.6) is 11.5 Å². The summed E-state index contributed by atoms with van der Waals surface area (Å²) in [5.74, 6) is -4.50. The summed E-state index contributed by atoms with van der Waals surface area (Å²) < 4.78 is 28.1. The third-order valence-corrected chi connectivity index (χ3v) is 8.16. The van der Waals surface area contributed by atoms with Crippen LogP contribution >= 0.6 is 11.6 Å². The largest absolute Gasteiger partial charge is 0.504 e. The lowest BCUT2D eigenvalue weighted by Gasteiger charge is -2.35. The monoisotopic (exact) mass is 477 g/mol. The third kappa shape index (κ3) is 3.46. The number of ether oxygens (including phenoxy) is 1. The van der Waals surface area contributed by atoms with Gasteiger partial charge in [0.25, 0.3) is 5.91 Å². The SMILES string of the molecule is C[C@]1(COC(=O)NNC(=O)c2cc(O)c(O)c(Cl)c2)[C@H](C(=O)O)N2C(=O)C[C@H]2S1(=O)=O. The predicted octanol–water partition coefficient (Wildman–Crippen LogP) is -0.679. The molecule has 0 aliphatic carbocycles. The van der Waals surface area contributed by atoms with Crippen LogP contribution in [0, 0.1) is 0 Å². The molecule has 2 aliphatic heterocycles. The number of hydrogen-bond acceptors (Lipinski definition) is 9. The van der Waals surface area contributed by atoms with Gasteiger partial charge >= 0.3 is 12.1 Å². The lowest BCUT2D eigenvalue weighted by molar-refractivity contribution is -0.158. The Morgan fingerprint density at radius 1 is 1.29 bits per heavy atom. The number of carbonyl (C=O) groups is 4. The van der Waals surface area contributed by atoms with E-state index in [1.807, 2.05) is 10.9 Å². The molecule has 3 rings (SSSR count). The molecule has 13 nitrogen and oxygen atoms in total. The summed E-state index contributed by atoms with van der Waals surface area (Å²) in [5.41, 5.74) is 3.49. The van der Waals surface area contributed by atoms with E-state index in [0.717, 1.165) is 24.0 Å². The van der Waals surface area contributed by atoms with E-state index < -0.39 is 68.0 Å². The summed E-state index contributed by atoms with van der Waals surface area (Å²) in [6.45, 7) is 0.153. The molecular formula is C16H16ClN3O10S. The van der Waals surface area contributed by atoms with Crippen molar-refractivity contribution in [2.24, 2.45) is 0 Å². The Morgan fingerprint density at radius 2 is 1.94 bits per heavy atom. The quantitative estimate of drug-likeness (QED) is 0.210. The summed E-state index contributed by atoms with van der Waals surface area (Å²) in [6, 6.07) is 0.131. The number of halogens is 1. The van der Waals surface area contributed by atoms with Crippen LogP contribution in [0.1, 0.15) is 23.7 Å². The van der Waals surface area contributed by atoms with Crippen LogP contribution < -0.4 is 10.9 Å². The second-order valence-corrected chi connectivity index (χ2v) is 10.0. The fraction of sp³-hybridized carbons (Fsp3) is 0.375. The first-order valence-electron chi connectivity index (χ1n) is 8.53. The van der Waals surface area contributed by atoms with Gasteiger partial charge in [0.2, 0.25) is 5.91 Å². The number of aliphatic carboxylic acids is 1. The van der Waals surface area contributed by atoms with Crippen molar-refractivity contribution in [2.75, 3.05) is 6.61 Å². The van der Waals surface area contributed by atoms with E-state index in [0.29, 0.717) is 0 Å². The van der Waals surface area contributed by atoms with E-state index in [-0.39, 0.29) is 17.0 Å². The van der Waals surface area contributed by atoms with Crippen LogP contribution in [-0.4, -0.2) is 75.3 Å². The Bertz CT molecular complexity index is 1080. The number of phenolic OH excluding ortho intramolecular Hbond substituents is 2. The van der Waals surface area contributed by atoms with Gasteiger partial charge in [0, 0.05) is 5.56 Å². The Kier molecular flexibility index (Phi) is 5.40. The number of hydrogen-bond donors (Lipinski definition) is 5. The molecule has 2 aliphatic rings. The molecule has 168 valence electrons. The number of sulfone groups is 1. The van der Waals surface area contributed by atoms with Crippen LogP contribution in [0.15, 0.2) is 12.1 Å². The van der Waals surface area contributed by atoms with Crippen LogP contribution in [0.25, 0.3) is 0 Å². The maximum Gasteiger partial charge on any atom is 0.426 e. The van der Waals surface area contributed by atoms with E-state index >= 15 is 0 Å². The maximum absolute atomic E-state index is 12.7. The van der Waals surface area contributed by atoms with Crippen LogP contribution in [0.3, 0.4) is 0 Å². The van der Waals surface area contributed by atoms with Crippen molar-refractivity contribution in [3.05, 3.63) is 22.7 Å². The third-order valence-electron chi connectivity index (χ3n) is 5.12. The second-order valence-electron chi connectivity index (χ2n) is 7.04. The number of β-lactam (4-membered cyclic amide) rings is 1. The molecule has 3 amide bonds. The van der Waals surface area contributed by atoms with Crippen molar-refractivity contribution in [3.63, 3.8) is 0 Å². The topological polar surface area (TPSA) is 200 Å². The van der Waals surface area contributed by atoms with Gasteiger partial charge in [-0.1, -0.05) is 11.6 Å². The molecule has 2 saturated heterocycles. The van der Waals surface area contributed by atoms with Crippen LogP contribution in [-0.2, 0) is 24.2 Å². The summed E-state index contributed by atoms with van der Waals surface area (Å²) in [4.78, 5) is 48.0. The molecule has 15 heteroatoms. The smallest absolute Gasteiger partial charge is 0.426 e. The zero-order valence-corrected chi connectivity index (χ0v) is 17.2. The minimum atomic E-state index is -4.17. The minimum absolute atomic E-state index is 0.236. The average molecular weight is 478 g/mol. The average Bonchev–Trinajstić information content (AvgIpc) is 2.83. The summed E-state index contributed by atoms with van der Waals surface area (Å²) in [7, 11) is -4.17. The first kappa shape index (κ1) is 22.4. The number of fused-ring (bicyclic) bond motifs is 1. The molecule has 0 saturated carbocycles. The number of nitrogens with zero attached hydrogens (tertiary/aromatic N) is 1. The molecule has 1 aromatic rings. The number of carboxylic acids is 1. The molecular weight excluding hydrogens is 462 g/mol.